The lowest BCUT2D eigenvalue weighted by Gasteiger charge is -2.39. The van der Waals surface area contributed by atoms with Crippen LogP contribution in [-0.4, -0.2) is 84.1 Å². The Balaban J connectivity index is 1.30. The molecular weight excluding hydrogens is 562 g/mol. The summed E-state index contributed by atoms with van der Waals surface area (Å²) in [5, 5.41) is 0.529. The van der Waals surface area contributed by atoms with Crippen LogP contribution in [0.15, 0.2) is 42.7 Å². The van der Waals surface area contributed by atoms with E-state index in [-0.39, 0.29) is 42.6 Å². The lowest BCUT2D eigenvalue weighted by atomic mass is 9.89. The molecule has 1 amide bonds. The van der Waals surface area contributed by atoms with E-state index in [4.69, 9.17) is 16.3 Å². The number of hydrogen-bond donors (Lipinski definition) is 0. The minimum absolute atomic E-state index is 0.00468. The molecule has 2 aliphatic carbocycles. The third-order valence-corrected chi connectivity index (χ3v) is 10.1. The number of likely N-dealkylation sites (N-methyl/N-ethyl adjacent to an activating group) is 1. The second-order valence-corrected chi connectivity index (χ2v) is 12.7. The summed E-state index contributed by atoms with van der Waals surface area (Å²) in [5.41, 5.74) is 4.40. The molecule has 0 unspecified atom stereocenters. The van der Waals surface area contributed by atoms with E-state index in [1.807, 2.05) is 29.2 Å². The van der Waals surface area contributed by atoms with Gasteiger partial charge in [0.05, 0.1) is 0 Å². The molecule has 1 spiro atoms. The minimum Gasteiger partial charge on any atom is -0.462 e. The van der Waals surface area contributed by atoms with Crippen molar-refractivity contribution in [2.24, 2.45) is 0 Å². The zero-order chi connectivity index (χ0) is 30.6. The molecule has 2 saturated heterocycles. The Kier molecular flexibility index (Phi) is 7.24. The number of hydrogen-bond acceptors (Lipinski definition) is 6. The number of carbonyl (C=O) groups excluding carboxylic acids is 1. The summed E-state index contributed by atoms with van der Waals surface area (Å²) >= 11 is 0. The van der Waals surface area contributed by atoms with Gasteiger partial charge < -0.3 is 24.3 Å². The van der Waals surface area contributed by atoms with E-state index in [0.29, 0.717) is 29.9 Å². The third kappa shape index (κ3) is 4.87. The molecule has 1 aromatic heterocycles. The molecule has 8 nitrogen and oxygen atoms in total. The van der Waals surface area contributed by atoms with E-state index in [1.165, 1.54) is 16.0 Å². The van der Waals surface area contributed by atoms with Crippen LogP contribution in [0.3, 0.4) is 0 Å². The molecule has 10 heteroatoms. The lowest BCUT2D eigenvalue weighted by Crippen LogP contribution is -2.56. The fourth-order valence-corrected chi connectivity index (χ4v) is 7.54. The number of likely N-dealkylation sites (tertiary alicyclic amines) is 1. The maximum atomic E-state index is 16.8. The number of fused-ring (bicyclic) bond motifs is 3. The first kappa shape index (κ1) is 28.7. The second kappa shape index (κ2) is 11.1. The first-order valence-electron chi connectivity index (χ1n) is 15.5. The van der Waals surface area contributed by atoms with Gasteiger partial charge in [-0.3, -0.25) is 4.79 Å². The second-order valence-electron chi connectivity index (χ2n) is 12.7. The number of ether oxygens (including phenoxy) is 1. The van der Waals surface area contributed by atoms with E-state index in [1.54, 1.807) is 0 Å². The molecule has 7 rings (SSSR count). The summed E-state index contributed by atoms with van der Waals surface area (Å²) in [6.07, 6.45) is 6.51. The number of anilines is 1. The highest BCUT2D eigenvalue weighted by Gasteiger charge is 2.50. The SMILES string of the molecule is [C-]#[N+]C[C@H]1CN(c2nc(OC[C@@H]3CCCN3C)nc3c(F)c(-c4cccc5c4C4(CC5)CC4)ccc23)CCN1C(=O)C(=C)F. The molecule has 3 fully saturated rings. The molecular formula is C34H36F2N6O2. The number of piperazine rings is 1. The summed E-state index contributed by atoms with van der Waals surface area (Å²) in [4.78, 5) is 31.0. The first-order valence-corrected chi connectivity index (χ1v) is 15.5. The van der Waals surface area contributed by atoms with Gasteiger partial charge in [-0.05, 0) is 80.3 Å². The van der Waals surface area contributed by atoms with Crippen molar-refractivity contribution in [3.8, 4) is 17.1 Å². The smallest absolute Gasteiger partial charge is 0.319 e. The summed E-state index contributed by atoms with van der Waals surface area (Å²) in [6.45, 7) is 12.7. The lowest BCUT2D eigenvalue weighted by molar-refractivity contribution is -0.131. The van der Waals surface area contributed by atoms with Crippen molar-refractivity contribution in [1.82, 2.24) is 19.8 Å². The normalized spacial score (nSPS) is 22.3. The minimum atomic E-state index is -1.05. The highest BCUT2D eigenvalue weighted by atomic mass is 19.1. The van der Waals surface area contributed by atoms with E-state index >= 15 is 4.39 Å². The maximum absolute atomic E-state index is 16.8. The Hall–Kier alpha value is -4.10. The first-order chi connectivity index (χ1) is 21.3. The van der Waals surface area contributed by atoms with Crippen molar-refractivity contribution in [3.63, 3.8) is 0 Å². The Morgan fingerprint density at radius 1 is 1.14 bits per heavy atom. The van der Waals surface area contributed by atoms with Crippen molar-refractivity contribution < 1.29 is 18.3 Å². The summed E-state index contributed by atoms with van der Waals surface area (Å²) in [6, 6.07) is 9.64. The summed E-state index contributed by atoms with van der Waals surface area (Å²) in [5.74, 6) is -1.79. The van der Waals surface area contributed by atoms with Gasteiger partial charge in [0.25, 0.3) is 5.91 Å². The zero-order valence-electron chi connectivity index (χ0n) is 25.0. The molecule has 44 heavy (non-hydrogen) atoms. The van der Waals surface area contributed by atoms with Crippen LogP contribution in [0, 0.1) is 12.4 Å². The Morgan fingerprint density at radius 3 is 2.70 bits per heavy atom. The predicted molar refractivity (Wildman–Crippen MR) is 165 cm³/mol. The van der Waals surface area contributed by atoms with Gasteiger partial charge in [0, 0.05) is 36.6 Å². The number of carbonyl (C=O) groups is 1. The van der Waals surface area contributed by atoms with Gasteiger partial charge in [0.1, 0.15) is 24.0 Å². The standard InChI is InChI=1S/C34H36F2N6O2/c1-21(35)32(43)42-17-16-41(19-24(42)18-37-2)31-27-10-9-26(25-8-4-6-22-11-12-34(13-14-34)28(22)25)29(36)30(27)38-33(39-31)44-20-23-7-5-15-40(23)3/h4,6,8-10,23-24H,1,5,7,11-20H2,3H3/t23-,24-/m0/s1. The summed E-state index contributed by atoms with van der Waals surface area (Å²) in [7, 11) is 2.06. The number of benzene rings is 2. The molecule has 0 radical (unpaired) electrons. The van der Waals surface area contributed by atoms with Gasteiger partial charge in [0.15, 0.2) is 11.6 Å². The van der Waals surface area contributed by atoms with E-state index in [2.05, 4.69) is 34.4 Å². The zero-order valence-corrected chi connectivity index (χ0v) is 25.0. The molecule has 3 heterocycles. The average Bonchev–Trinajstić information content (AvgIpc) is 3.55. The van der Waals surface area contributed by atoms with Crippen LogP contribution in [0.5, 0.6) is 6.01 Å². The highest BCUT2D eigenvalue weighted by molar-refractivity contribution is 5.95. The molecule has 2 aromatic carbocycles. The topological polar surface area (TPSA) is 66.2 Å². The average molecular weight is 599 g/mol. The molecule has 0 N–H and O–H groups in total. The van der Waals surface area contributed by atoms with Gasteiger partial charge in [-0.15, -0.1) is 0 Å². The van der Waals surface area contributed by atoms with Crippen LogP contribution >= 0.6 is 0 Å². The van der Waals surface area contributed by atoms with Crippen molar-refractivity contribution in [2.45, 2.75) is 56.0 Å². The molecule has 1 saturated carbocycles. The van der Waals surface area contributed by atoms with Crippen molar-refractivity contribution in [3.05, 3.63) is 71.1 Å². The fourth-order valence-electron chi connectivity index (χ4n) is 7.54. The number of amides is 1. The van der Waals surface area contributed by atoms with Crippen LogP contribution < -0.4 is 9.64 Å². The number of nitrogens with zero attached hydrogens (tertiary/aromatic N) is 6. The van der Waals surface area contributed by atoms with E-state index in [9.17, 15) is 9.18 Å². The van der Waals surface area contributed by atoms with E-state index < -0.39 is 23.6 Å². The van der Waals surface area contributed by atoms with Crippen LogP contribution in [-0.2, 0) is 16.6 Å². The van der Waals surface area contributed by atoms with Gasteiger partial charge in [-0.25, -0.2) is 15.4 Å². The van der Waals surface area contributed by atoms with Crippen LogP contribution in [0.4, 0.5) is 14.6 Å². The molecule has 228 valence electrons. The number of aromatic nitrogens is 2. The van der Waals surface area contributed by atoms with Gasteiger partial charge in [0.2, 0.25) is 6.54 Å². The number of halogens is 2. The highest BCUT2D eigenvalue weighted by Crippen LogP contribution is 2.59. The van der Waals surface area contributed by atoms with Gasteiger partial charge >= 0.3 is 6.01 Å². The molecule has 3 aromatic rings. The largest absolute Gasteiger partial charge is 0.462 e. The van der Waals surface area contributed by atoms with Crippen molar-refractivity contribution in [2.75, 3.05) is 51.3 Å². The Morgan fingerprint density at radius 2 is 1.98 bits per heavy atom. The monoisotopic (exact) mass is 598 g/mol. The van der Waals surface area contributed by atoms with Crippen LogP contribution in [0.25, 0.3) is 26.9 Å². The molecule has 2 atom stereocenters. The Bertz CT molecular complexity index is 1700. The number of rotatable bonds is 7. The quantitative estimate of drug-likeness (QED) is 0.272. The fraction of sp³-hybridized carbons (Fsp3) is 0.471. The summed E-state index contributed by atoms with van der Waals surface area (Å²) < 4.78 is 36.7. The van der Waals surface area contributed by atoms with Gasteiger partial charge in [-0.1, -0.05) is 30.8 Å². The predicted octanol–water partition coefficient (Wildman–Crippen LogP) is 5.31. The van der Waals surface area contributed by atoms with Gasteiger partial charge in [-0.2, -0.15) is 9.97 Å². The third-order valence-electron chi connectivity index (χ3n) is 10.1. The van der Waals surface area contributed by atoms with Crippen LogP contribution in [0.2, 0.25) is 0 Å². The number of aryl methyl sites for hydroxylation is 1. The molecule has 0 bridgehead atoms. The maximum Gasteiger partial charge on any atom is 0.319 e. The van der Waals surface area contributed by atoms with Crippen molar-refractivity contribution >= 4 is 22.6 Å². The van der Waals surface area contributed by atoms with Crippen LogP contribution in [0.1, 0.15) is 43.2 Å². The molecule has 4 aliphatic rings. The van der Waals surface area contributed by atoms with E-state index in [0.717, 1.165) is 50.6 Å². The van der Waals surface area contributed by atoms with Crippen molar-refractivity contribution in [1.29, 1.82) is 0 Å². The Labute approximate surface area is 256 Å². The molecule has 2 aliphatic heterocycles.